The standard InChI is InChI=1S/C56H39N5/c1-3-38(31-30-37(2)42-24-17-25-43(34-42)52-36-51(39-18-7-4-8-19-39)57-54(58-52)40-20-9-5-10-21-40)53-59-55(41-22-11-6-12-23-41)61-56(60-53)44-32-33-49-47-28-14-13-26-45(47)46-27-15-16-29-48(46)50(49)35-44/h3-36H,2H2,1H3/b31-30-,38-3+. The maximum atomic E-state index is 5.13. The van der Waals surface area contributed by atoms with Crippen LogP contribution in [0, 0.1) is 0 Å². The first-order valence-electron chi connectivity index (χ1n) is 20.4. The van der Waals surface area contributed by atoms with Gasteiger partial charge in [-0.3, -0.25) is 0 Å². The molecule has 0 atom stereocenters. The number of allylic oxidation sites excluding steroid dienone is 5. The molecular weight excluding hydrogens is 743 g/mol. The molecule has 10 rings (SSSR count). The third kappa shape index (κ3) is 7.41. The Labute approximate surface area is 354 Å². The van der Waals surface area contributed by atoms with Crippen LogP contribution in [-0.2, 0) is 0 Å². The molecule has 2 heterocycles. The third-order valence-corrected chi connectivity index (χ3v) is 11.1. The first-order chi connectivity index (χ1) is 30.1. The fourth-order valence-corrected chi connectivity index (χ4v) is 7.93. The Morgan fingerprint density at radius 1 is 0.377 bits per heavy atom. The molecule has 0 aliphatic heterocycles. The first-order valence-corrected chi connectivity index (χ1v) is 20.4. The SMILES string of the molecule is C=C(/C=C\C(=C/C)c1nc(-c2ccccc2)nc(-c2ccc3c4ccccc4c4ccccc4c3c2)n1)c1cccc(-c2cc(-c3ccccc3)nc(-c3ccccc3)n2)c1. The molecule has 0 amide bonds. The molecule has 0 aliphatic rings. The summed E-state index contributed by atoms with van der Waals surface area (Å²) in [5, 5.41) is 7.25. The van der Waals surface area contributed by atoms with Gasteiger partial charge in [0.05, 0.1) is 11.4 Å². The molecule has 0 saturated carbocycles. The smallest absolute Gasteiger partial charge is 0.164 e. The van der Waals surface area contributed by atoms with E-state index in [0.717, 1.165) is 61.3 Å². The summed E-state index contributed by atoms with van der Waals surface area (Å²) in [5.41, 5.74) is 9.17. The van der Waals surface area contributed by atoms with Crippen molar-refractivity contribution in [2.45, 2.75) is 6.92 Å². The van der Waals surface area contributed by atoms with Crippen LogP contribution in [0.1, 0.15) is 18.3 Å². The van der Waals surface area contributed by atoms with Gasteiger partial charge in [-0.25, -0.2) is 24.9 Å². The maximum absolute atomic E-state index is 5.13. The van der Waals surface area contributed by atoms with Crippen LogP contribution in [0.4, 0.5) is 0 Å². The molecule has 5 nitrogen and oxygen atoms in total. The number of aromatic nitrogens is 5. The van der Waals surface area contributed by atoms with Gasteiger partial charge >= 0.3 is 0 Å². The van der Waals surface area contributed by atoms with Crippen molar-refractivity contribution in [3.63, 3.8) is 0 Å². The molecule has 5 heteroatoms. The zero-order chi connectivity index (χ0) is 41.1. The highest BCUT2D eigenvalue weighted by molar-refractivity contribution is 6.25. The first kappa shape index (κ1) is 37.1. The second-order valence-electron chi connectivity index (χ2n) is 14.9. The fraction of sp³-hybridized carbons (Fsp3) is 0.0179. The predicted octanol–water partition coefficient (Wildman–Crippen LogP) is 14.1. The van der Waals surface area contributed by atoms with E-state index in [1.165, 1.54) is 26.9 Å². The minimum Gasteiger partial charge on any atom is -0.228 e. The zero-order valence-corrected chi connectivity index (χ0v) is 33.6. The van der Waals surface area contributed by atoms with Crippen LogP contribution in [0.5, 0.6) is 0 Å². The van der Waals surface area contributed by atoms with Crippen molar-refractivity contribution in [3.8, 4) is 56.7 Å². The predicted molar refractivity (Wildman–Crippen MR) is 253 cm³/mol. The van der Waals surface area contributed by atoms with Crippen LogP contribution in [0.15, 0.2) is 213 Å². The van der Waals surface area contributed by atoms with Gasteiger partial charge in [-0.2, -0.15) is 0 Å². The van der Waals surface area contributed by atoms with Gasteiger partial charge in [0.15, 0.2) is 23.3 Å². The molecule has 8 aromatic carbocycles. The highest BCUT2D eigenvalue weighted by Gasteiger charge is 2.16. The van der Waals surface area contributed by atoms with Crippen LogP contribution in [0.3, 0.4) is 0 Å². The van der Waals surface area contributed by atoms with Gasteiger partial charge in [0.25, 0.3) is 0 Å². The number of rotatable bonds is 9. The molecule has 0 saturated heterocycles. The van der Waals surface area contributed by atoms with Gasteiger partial charge in [0.1, 0.15) is 0 Å². The second-order valence-corrected chi connectivity index (χ2v) is 14.9. The quantitative estimate of drug-likeness (QED) is 0.108. The Balaban J connectivity index is 1.01. The molecule has 0 bridgehead atoms. The largest absolute Gasteiger partial charge is 0.228 e. The Hall–Kier alpha value is -8.15. The molecule has 61 heavy (non-hydrogen) atoms. The lowest BCUT2D eigenvalue weighted by Crippen LogP contribution is -2.02. The molecule has 0 spiro atoms. The molecule has 0 aliphatic carbocycles. The average molecular weight is 782 g/mol. The lowest BCUT2D eigenvalue weighted by Gasteiger charge is -2.13. The molecule has 0 N–H and O–H groups in total. The molecule has 2 aromatic heterocycles. The van der Waals surface area contributed by atoms with Crippen molar-refractivity contribution < 1.29 is 0 Å². The topological polar surface area (TPSA) is 64.5 Å². The van der Waals surface area contributed by atoms with E-state index in [1.807, 2.05) is 110 Å². The average Bonchev–Trinajstić information content (AvgIpc) is 3.34. The van der Waals surface area contributed by atoms with E-state index in [9.17, 15) is 0 Å². The lowest BCUT2D eigenvalue weighted by atomic mass is 9.93. The van der Waals surface area contributed by atoms with Crippen molar-refractivity contribution >= 4 is 43.5 Å². The van der Waals surface area contributed by atoms with E-state index in [4.69, 9.17) is 24.9 Å². The van der Waals surface area contributed by atoms with Crippen molar-refractivity contribution in [2.75, 3.05) is 0 Å². The Morgan fingerprint density at radius 2 is 0.852 bits per heavy atom. The summed E-state index contributed by atoms with van der Waals surface area (Å²) in [5.74, 6) is 2.47. The van der Waals surface area contributed by atoms with Crippen LogP contribution in [-0.4, -0.2) is 24.9 Å². The Morgan fingerprint density at radius 3 is 1.44 bits per heavy atom. The zero-order valence-electron chi connectivity index (χ0n) is 33.6. The van der Waals surface area contributed by atoms with Gasteiger partial charge in [-0.1, -0.05) is 195 Å². The van der Waals surface area contributed by atoms with Gasteiger partial charge in [-0.15, -0.1) is 0 Å². The van der Waals surface area contributed by atoms with Gasteiger partial charge in [-0.05, 0) is 68.6 Å². The van der Waals surface area contributed by atoms with Gasteiger partial charge < -0.3 is 0 Å². The minimum absolute atomic E-state index is 0.579. The van der Waals surface area contributed by atoms with Crippen LogP contribution < -0.4 is 0 Å². The van der Waals surface area contributed by atoms with Crippen LogP contribution >= 0.6 is 0 Å². The summed E-state index contributed by atoms with van der Waals surface area (Å²) in [6.07, 6.45) is 6.10. The molecule has 0 radical (unpaired) electrons. The molecule has 0 fully saturated rings. The van der Waals surface area contributed by atoms with Crippen molar-refractivity contribution in [1.82, 2.24) is 24.9 Å². The van der Waals surface area contributed by atoms with E-state index < -0.39 is 0 Å². The lowest BCUT2D eigenvalue weighted by molar-refractivity contribution is 1.04. The number of nitrogens with zero attached hydrogens (tertiary/aromatic N) is 5. The molecular formula is C56H39N5. The molecule has 10 aromatic rings. The number of benzene rings is 8. The van der Waals surface area contributed by atoms with Crippen molar-refractivity contribution in [2.24, 2.45) is 0 Å². The maximum Gasteiger partial charge on any atom is 0.164 e. The van der Waals surface area contributed by atoms with Crippen LogP contribution in [0.25, 0.3) is 100 Å². The number of fused-ring (bicyclic) bond motifs is 6. The summed E-state index contributed by atoms with van der Waals surface area (Å²) in [6, 6.07) is 64.6. The number of hydrogen-bond acceptors (Lipinski definition) is 5. The number of hydrogen-bond donors (Lipinski definition) is 0. The minimum atomic E-state index is 0.579. The molecule has 288 valence electrons. The summed E-state index contributed by atoms with van der Waals surface area (Å²) in [7, 11) is 0. The monoisotopic (exact) mass is 781 g/mol. The van der Waals surface area contributed by atoms with Gasteiger partial charge in [0.2, 0.25) is 0 Å². The van der Waals surface area contributed by atoms with E-state index in [2.05, 4.69) is 110 Å². The van der Waals surface area contributed by atoms with E-state index >= 15 is 0 Å². The fourth-order valence-electron chi connectivity index (χ4n) is 7.93. The normalized spacial score (nSPS) is 11.8. The Kier molecular flexibility index (Phi) is 9.89. The summed E-state index contributed by atoms with van der Waals surface area (Å²) < 4.78 is 0. The van der Waals surface area contributed by atoms with E-state index in [-0.39, 0.29) is 0 Å². The highest BCUT2D eigenvalue weighted by atomic mass is 15.0. The van der Waals surface area contributed by atoms with Gasteiger partial charge in [0, 0.05) is 33.4 Å². The summed E-state index contributed by atoms with van der Waals surface area (Å²) in [4.78, 5) is 25.3. The Bertz CT molecular complexity index is 3220. The van der Waals surface area contributed by atoms with Crippen LogP contribution in [0.2, 0.25) is 0 Å². The second kappa shape index (κ2) is 16.2. The summed E-state index contributed by atoms with van der Waals surface area (Å²) in [6.45, 7) is 6.50. The van der Waals surface area contributed by atoms with Crippen molar-refractivity contribution in [1.29, 1.82) is 0 Å². The highest BCUT2D eigenvalue weighted by Crippen LogP contribution is 2.37. The van der Waals surface area contributed by atoms with E-state index in [1.54, 1.807) is 0 Å². The summed E-state index contributed by atoms with van der Waals surface area (Å²) >= 11 is 0. The third-order valence-electron chi connectivity index (χ3n) is 11.1. The van der Waals surface area contributed by atoms with Crippen molar-refractivity contribution in [3.05, 3.63) is 224 Å². The van der Waals surface area contributed by atoms with E-state index in [0.29, 0.717) is 23.3 Å². The molecule has 0 unspecified atom stereocenters.